The van der Waals surface area contributed by atoms with Crippen molar-refractivity contribution in [2.24, 2.45) is 0 Å². The van der Waals surface area contributed by atoms with Crippen LogP contribution in [0.4, 0.5) is 0 Å². The van der Waals surface area contributed by atoms with Crippen molar-refractivity contribution in [3.8, 4) is 23.7 Å². The van der Waals surface area contributed by atoms with Crippen LogP contribution in [-0.2, 0) is 0 Å². The number of nitriles is 1. The molecule has 0 saturated heterocycles. The van der Waals surface area contributed by atoms with Gasteiger partial charge in [0.05, 0.1) is 0 Å². The van der Waals surface area contributed by atoms with Crippen molar-refractivity contribution in [1.29, 1.82) is 5.26 Å². The largest absolute Gasteiger partial charge is 0.481 e. The molecule has 0 atom stereocenters. The quantitative estimate of drug-likeness (QED) is 0.637. The van der Waals surface area contributed by atoms with Gasteiger partial charge in [0, 0.05) is 5.92 Å². The fraction of sp³-hybridized carbons (Fsp3) is 0.182. The Balaban J connectivity index is 2.47. The van der Waals surface area contributed by atoms with Gasteiger partial charge >= 0.3 is 0 Å². The number of ether oxygens (including phenoxy) is 1. The minimum absolute atomic E-state index is 0.261. The number of aryl methyl sites for hydroxylation is 1. The molecule has 1 rings (SSSR count). The minimum Gasteiger partial charge on any atom is -0.481 e. The highest BCUT2D eigenvalue weighted by molar-refractivity contribution is 5.27. The van der Waals surface area contributed by atoms with Gasteiger partial charge in [-0.25, -0.2) is 0 Å². The Labute approximate surface area is 77.8 Å². The molecule has 0 bridgehead atoms. The van der Waals surface area contributed by atoms with E-state index in [1.807, 2.05) is 31.2 Å². The summed E-state index contributed by atoms with van der Waals surface area (Å²) in [7, 11) is 0. The maximum absolute atomic E-state index is 8.12. The zero-order chi connectivity index (χ0) is 9.52. The van der Waals surface area contributed by atoms with E-state index in [2.05, 4.69) is 11.8 Å². The first-order valence-corrected chi connectivity index (χ1v) is 3.89. The summed E-state index contributed by atoms with van der Waals surface area (Å²) in [5.74, 6) is 5.60. The predicted octanol–water partition coefficient (Wildman–Crippen LogP) is 1.90. The summed E-state index contributed by atoms with van der Waals surface area (Å²) in [6.45, 7) is 2.27. The van der Waals surface area contributed by atoms with Gasteiger partial charge in [-0.1, -0.05) is 17.7 Å². The van der Waals surface area contributed by atoms with Crippen LogP contribution in [0.3, 0.4) is 0 Å². The number of benzene rings is 1. The highest BCUT2D eigenvalue weighted by Gasteiger charge is 1.89. The Morgan fingerprint density at radius 3 is 2.62 bits per heavy atom. The normalized spacial score (nSPS) is 8.00. The summed E-state index contributed by atoms with van der Waals surface area (Å²) < 4.78 is 5.24. The van der Waals surface area contributed by atoms with E-state index in [1.54, 1.807) is 6.07 Å². The number of rotatable bonds is 2. The molecule has 0 amide bonds. The number of hydrogen-bond donors (Lipinski definition) is 0. The second-order valence-electron chi connectivity index (χ2n) is 2.52. The zero-order valence-electron chi connectivity index (χ0n) is 7.37. The van der Waals surface area contributed by atoms with Gasteiger partial charge in [-0.2, -0.15) is 5.26 Å². The summed E-state index contributed by atoms with van der Waals surface area (Å²) in [5.41, 5.74) is 1.19. The molecule has 0 aliphatic rings. The van der Waals surface area contributed by atoms with Crippen molar-refractivity contribution < 1.29 is 4.74 Å². The van der Waals surface area contributed by atoms with Crippen LogP contribution >= 0.6 is 0 Å². The fourth-order valence-electron chi connectivity index (χ4n) is 0.830. The monoisotopic (exact) mass is 171 g/mol. The summed E-state index contributed by atoms with van der Waals surface area (Å²) in [6.07, 6.45) is 0. The Morgan fingerprint density at radius 1 is 1.31 bits per heavy atom. The Kier molecular flexibility index (Phi) is 3.42. The van der Waals surface area contributed by atoms with Crippen molar-refractivity contribution >= 4 is 0 Å². The summed E-state index contributed by atoms with van der Waals surface area (Å²) in [4.78, 5) is 0. The minimum atomic E-state index is 0.261. The van der Waals surface area contributed by atoms with Gasteiger partial charge < -0.3 is 4.74 Å². The molecule has 13 heavy (non-hydrogen) atoms. The Morgan fingerprint density at radius 2 is 2.00 bits per heavy atom. The zero-order valence-corrected chi connectivity index (χ0v) is 7.37. The summed E-state index contributed by atoms with van der Waals surface area (Å²) >= 11 is 0. The maximum atomic E-state index is 8.12. The average Bonchev–Trinajstić information content (AvgIpc) is 2.15. The van der Waals surface area contributed by atoms with E-state index >= 15 is 0 Å². The second-order valence-corrected chi connectivity index (χ2v) is 2.52. The molecule has 2 heteroatoms. The van der Waals surface area contributed by atoms with E-state index in [0.29, 0.717) is 0 Å². The highest BCUT2D eigenvalue weighted by atomic mass is 16.5. The van der Waals surface area contributed by atoms with Crippen LogP contribution in [0.2, 0.25) is 0 Å². The molecule has 0 unspecified atom stereocenters. The van der Waals surface area contributed by atoms with Crippen LogP contribution in [0.5, 0.6) is 5.75 Å². The lowest BCUT2D eigenvalue weighted by molar-refractivity contribution is 0.370. The van der Waals surface area contributed by atoms with E-state index in [0.717, 1.165) is 5.75 Å². The van der Waals surface area contributed by atoms with Crippen LogP contribution in [0.15, 0.2) is 24.3 Å². The van der Waals surface area contributed by atoms with Crippen molar-refractivity contribution in [3.05, 3.63) is 29.8 Å². The SMILES string of the molecule is Cc1ccc(OCC#CC#N)cc1. The van der Waals surface area contributed by atoms with Crippen molar-refractivity contribution in [3.63, 3.8) is 0 Å². The van der Waals surface area contributed by atoms with Gasteiger partial charge in [0.25, 0.3) is 0 Å². The van der Waals surface area contributed by atoms with E-state index in [1.165, 1.54) is 5.56 Å². The molecule has 2 nitrogen and oxygen atoms in total. The van der Waals surface area contributed by atoms with E-state index < -0.39 is 0 Å². The van der Waals surface area contributed by atoms with Crippen LogP contribution in [-0.4, -0.2) is 6.61 Å². The standard InChI is InChI=1S/C11H9NO/c1-10-4-6-11(7-5-10)13-9-3-2-8-12/h4-7H,9H2,1H3. The Hall–Kier alpha value is -1.93. The van der Waals surface area contributed by atoms with Gasteiger partial charge in [-0.15, -0.1) is 0 Å². The van der Waals surface area contributed by atoms with E-state index in [-0.39, 0.29) is 6.61 Å². The molecule has 0 N–H and O–H groups in total. The summed E-state index contributed by atoms with van der Waals surface area (Å²) in [5, 5.41) is 8.12. The smallest absolute Gasteiger partial charge is 0.152 e. The molecule has 0 aliphatic heterocycles. The average molecular weight is 171 g/mol. The van der Waals surface area contributed by atoms with Gasteiger partial charge in [-0.05, 0) is 25.0 Å². The van der Waals surface area contributed by atoms with Crippen LogP contribution < -0.4 is 4.74 Å². The lowest BCUT2D eigenvalue weighted by Crippen LogP contribution is -1.93. The van der Waals surface area contributed by atoms with Gasteiger partial charge in [-0.3, -0.25) is 0 Å². The molecule has 0 aliphatic carbocycles. The third-order valence-corrected chi connectivity index (χ3v) is 1.48. The molecule has 0 aromatic heterocycles. The molecular formula is C11H9NO. The van der Waals surface area contributed by atoms with Gasteiger partial charge in [0.2, 0.25) is 0 Å². The molecule has 0 heterocycles. The first kappa shape index (κ1) is 9.16. The molecule has 1 aromatic rings. The van der Waals surface area contributed by atoms with E-state index in [4.69, 9.17) is 10.00 Å². The third-order valence-electron chi connectivity index (χ3n) is 1.48. The highest BCUT2D eigenvalue weighted by Crippen LogP contribution is 2.10. The van der Waals surface area contributed by atoms with Crippen molar-refractivity contribution in [2.45, 2.75) is 6.92 Å². The lowest BCUT2D eigenvalue weighted by atomic mass is 10.2. The van der Waals surface area contributed by atoms with Crippen LogP contribution in [0.25, 0.3) is 0 Å². The van der Waals surface area contributed by atoms with Crippen LogP contribution in [0.1, 0.15) is 5.56 Å². The van der Waals surface area contributed by atoms with Crippen LogP contribution in [0, 0.1) is 30.1 Å². The second kappa shape index (κ2) is 4.85. The van der Waals surface area contributed by atoms with Crippen molar-refractivity contribution in [2.75, 3.05) is 6.61 Å². The van der Waals surface area contributed by atoms with Gasteiger partial charge in [0.15, 0.2) is 6.07 Å². The third kappa shape index (κ3) is 3.31. The predicted molar refractivity (Wildman–Crippen MR) is 50.1 cm³/mol. The molecule has 0 saturated carbocycles. The Bertz CT molecular complexity index is 362. The first-order chi connectivity index (χ1) is 6.33. The van der Waals surface area contributed by atoms with Gasteiger partial charge in [0.1, 0.15) is 12.4 Å². The number of nitrogens with zero attached hydrogens (tertiary/aromatic N) is 1. The summed E-state index contributed by atoms with van der Waals surface area (Å²) in [6, 6.07) is 9.41. The molecular weight excluding hydrogens is 162 g/mol. The topological polar surface area (TPSA) is 33.0 Å². The molecule has 1 aromatic carbocycles. The molecule has 0 spiro atoms. The van der Waals surface area contributed by atoms with E-state index in [9.17, 15) is 0 Å². The fourth-order valence-corrected chi connectivity index (χ4v) is 0.830. The lowest BCUT2D eigenvalue weighted by Gasteiger charge is -2.00. The first-order valence-electron chi connectivity index (χ1n) is 3.89. The molecule has 0 fully saturated rings. The van der Waals surface area contributed by atoms with Crippen molar-refractivity contribution in [1.82, 2.24) is 0 Å². The number of hydrogen-bond acceptors (Lipinski definition) is 2. The molecule has 0 radical (unpaired) electrons. The molecule has 64 valence electrons. The maximum Gasteiger partial charge on any atom is 0.152 e.